The Hall–Kier alpha value is -0.220. The lowest BCUT2D eigenvalue weighted by atomic mass is 10.0. The first-order valence-corrected chi connectivity index (χ1v) is 6.37. The van der Waals surface area contributed by atoms with Crippen LogP contribution in [-0.2, 0) is 4.74 Å². The van der Waals surface area contributed by atoms with Crippen molar-refractivity contribution in [1.82, 2.24) is 5.32 Å². The molecule has 2 atom stereocenters. The number of nitrogens with zero attached hydrogens (tertiary/aromatic N) is 1. The lowest BCUT2D eigenvalue weighted by Crippen LogP contribution is -2.31. The molecule has 1 fully saturated rings. The lowest BCUT2D eigenvalue weighted by molar-refractivity contribution is 0.106. The van der Waals surface area contributed by atoms with Gasteiger partial charge in [0.1, 0.15) is 0 Å². The van der Waals surface area contributed by atoms with Gasteiger partial charge in [0.25, 0.3) is 0 Å². The molecule has 14 heavy (non-hydrogen) atoms. The first-order chi connectivity index (χ1) is 6.86. The molecule has 0 aliphatic carbocycles. The minimum atomic E-state index is 0.414. The second-order valence-corrected chi connectivity index (χ2v) is 4.98. The number of hydrogen-bond acceptors (Lipinski definition) is 4. The Bertz CT molecular complexity index is 220. The van der Waals surface area contributed by atoms with Gasteiger partial charge in [-0.15, -0.1) is 0 Å². The van der Waals surface area contributed by atoms with Crippen LogP contribution in [0.15, 0.2) is 4.99 Å². The van der Waals surface area contributed by atoms with Crippen molar-refractivity contribution in [2.75, 3.05) is 25.4 Å². The first kappa shape index (κ1) is 10.3. The van der Waals surface area contributed by atoms with E-state index in [1.165, 1.54) is 18.6 Å². The summed E-state index contributed by atoms with van der Waals surface area (Å²) in [5.41, 5.74) is 0. The van der Waals surface area contributed by atoms with Gasteiger partial charge in [-0.05, 0) is 19.8 Å². The lowest BCUT2D eigenvalue weighted by Gasteiger charge is -2.18. The molecule has 0 aromatic rings. The van der Waals surface area contributed by atoms with Crippen molar-refractivity contribution in [2.45, 2.75) is 25.9 Å². The van der Waals surface area contributed by atoms with Crippen LogP contribution in [0.4, 0.5) is 0 Å². The number of rotatable bonds is 2. The molecule has 0 aromatic heterocycles. The molecule has 2 aliphatic heterocycles. The van der Waals surface area contributed by atoms with Crippen LogP contribution >= 0.6 is 11.8 Å². The van der Waals surface area contributed by atoms with Crippen LogP contribution in [0.2, 0.25) is 0 Å². The van der Waals surface area contributed by atoms with Crippen molar-refractivity contribution < 1.29 is 4.74 Å². The summed E-state index contributed by atoms with van der Waals surface area (Å²) >= 11 is 1.85. The van der Waals surface area contributed by atoms with Crippen LogP contribution in [0.3, 0.4) is 0 Å². The summed E-state index contributed by atoms with van der Waals surface area (Å²) in [5.74, 6) is 1.88. The van der Waals surface area contributed by atoms with Gasteiger partial charge < -0.3 is 10.1 Å². The molecule has 0 aromatic carbocycles. The van der Waals surface area contributed by atoms with Crippen molar-refractivity contribution >= 4 is 16.9 Å². The number of amidine groups is 1. The molecular formula is C10H18N2OS. The normalized spacial score (nSPS) is 32.8. The molecule has 0 bridgehead atoms. The predicted molar refractivity (Wildman–Crippen MR) is 60.9 cm³/mol. The van der Waals surface area contributed by atoms with Gasteiger partial charge in [0.05, 0.1) is 6.10 Å². The zero-order chi connectivity index (χ0) is 9.80. The average molecular weight is 214 g/mol. The molecule has 80 valence electrons. The van der Waals surface area contributed by atoms with E-state index in [1.807, 2.05) is 11.8 Å². The molecule has 0 amide bonds. The second kappa shape index (κ2) is 5.03. The van der Waals surface area contributed by atoms with Crippen LogP contribution in [0.25, 0.3) is 0 Å². The van der Waals surface area contributed by atoms with E-state index in [0.717, 1.165) is 24.9 Å². The van der Waals surface area contributed by atoms with Gasteiger partial charge >= 0.3 is 0 Å². The minimum Gasteiger partial charge on any atom is -0.378 e. The molecule has 4 heteroatoms. The van der Waals surface area contributed by atoms with Crippen molar-refractivity contribution in [1.29, 1.82) is 0 Å². The highest BCUT2D eigenvalue weighted by Crippen LogP contribution is 2.20. The highest BCUT2D eigenvalue weighted by molar-refractivity contribution is 8.13. The maximum atomic E-state index is 5.52. The Labute approximate surface area is 89.7 Å². The Morgan fingerprint density at radius 1 is 1.64 bits per heavy atom. The smallest absolute Gasteiger partial charge is 0.156 e. The highest BCUT2D eigenvalue weighted by Gasteiger charge is 2.24. The maximum absolute atomic E-state index is 5.52. The summed E-state index contributed by atoms with van der Waals surface area (Å²) in [4.78, 5) is 4.44. The average Bonchev–Trinajstić information content (AvgIpc) is 2.63. The van der Waals surface area contributed by atoms with Crippen molar-refractivity contribution in [3.05, 3.63) is 0 Å². The van der Waals surface area contributed by atoms with Crippen molar-refractivity contribution in [3.8, 4) is 0 Å². The summed E-state index contributed by atoms with van der Waals surface area (Å²) in [7, 11) is 0. The molecule has 1 saturated heterocycles. The molecule has 0 spiro atoms. The van der Waals surface area contributed by atoms with E-state index in [4.69, 9.17) is 4.74 Å². The Morgan fingerprint density at radius 3 is 3.21 bits per heavy atom. The Morgan fingerprint density at radius 2 is 2.57 bits per heavy atom. The third-order valence-corrected chi connectivity index (χ3v) is 3.89. The fourth-order valence-corrected chi connectivity index (χ4v) is 2.66. The standard InChI is InChI=1S/C10H18N2OS/c1-8-9(3-5-13-8)7-12-10-11-4-2-6-14-10/h8-9H,2-7H2,1H3,(H,11,12). The highest BCUT2D eigenvalue weighted by atomic mass is 32.2. The van der Waals surface area contributed by atoms with Gasteiger partial charge in [-0.25, -0.2) is 0 Å². The number of nitrogens with one attached hydrogen (secondary N) is 1. The van der Waals surface area contributed by atoms with Crippen LogP contribution < -0.4 is 5.32 Å². The predicted octanol–water partition coefficient (Wildman–Crippen LogP) is 1.49. The zero-order valence-corrected chi connectivity index (χ0v) is 9.48. The third-order valence-electron chi connectivity index (χ3n) is 2.85. The van der Waals surface area contributed by atoms with E-state index in [1.54, 1.807) is 0 Å². The van der Waals surface area contributed by atoms with Gasteiger partial charge in [0, 0.05) is 31.4 Å². The topological polar surface area (TPSA) is 33.6 Å². The van der Waals surface area contributed by atoms with Crippen LogP contribution in [0, 0.1) is 5.92 Å². The van der Waals surface area contributed by atoms with E-state index in [2.05, 4.69) is 17.2 Å². The van der Waals surface area contributed by atoms with Crippen LogP contribution in [-0.4, -0.2) is 36.7 Å². The van der Waals surface area contributed by atoms with Gasteiger partial charge in [0.15, 0.2) is 5.17 Å². The number of aliphatic imine (C=N–C) groups is 1. The van der Waals surface area contributed by atoms with Gasteiger partial charge in [-0.1, -0.05) is 11.8 Å². The fourth-order valence-electron chi connectivity index (χ4n) is 1.83. The fraction of sp³-hybridized carbons (Fsp3) is 0.900. The molecule has 2 heterocycles. The third kappa shape index (κ3) is 2.64. The molecule has 2 unspecified atom stereocenters. The van der Waals surface area contributed by atoms with Gasteiger partial charge in [-0.2, -0.15) is 0 Å². The monoisotopic (exact) mass is 214 g/mol. The zero-order valence-electron chi connectivity index (χ0n) is 8.66. The van der Waals surface area contributed by atoms with E-state index in [9.17, 15) is 0 Å². The molecular weight excluding hydrogens is 196 g/mol. The Balaban J connectivity index is 1.73. The molecule has 0 radical (unpaired) electrons. The maximum Gasteiger partial charge on any atom is 0.156 e. The number of ether oxygens (including phenoxy) is 1. The summed E-state index contributed by atoms with van der Waals surface area (Å²) in [6, 6.07) is 0. The van der Waals surface area contributed by atoms with Crippen molar-refractivity contribution in [3.63, 3.8) is 0 Å². The summed E-state index contributed by atoms with van der Waals surface area (Å²) in [6.45, 7) is 5.10. The van der Waals surface area contributed by atoms with E-state index in [0.29, 0.717) is 12.0 Å². The molecule has 1 N–H and O–H groups in total. The summed E-state index contributed by atoms with van der Waals surface area (Å²) < 4.78 is 5.52. The molecule has 3 nitrogen and oxygen atoms in total. The SMILES string of the molecule is CC1OCCC1CNC1=NCCCS1. The van der Waals surface area contributed by atoms with Crippen LogP contribution in [0.5, 0.6) is 0 Å². The first-order valence-electron chi connectivity index (χ1n) is 5.39. The van der Waals surface area contributed by atoms with Gasteiger partial charge in [-0.3, -0.25) is 4.99 Å². The number of thioether (sulfide) groups is 1. The largest absolute Gasteiger partial charge is 0.378 e. The van der Waals surface area contributed by atoms with E-state index < -0.39 is 0 Å². The molecule has 0 saturated carbocycles. The van der Waals surface area contributed by atoms with Crippen molar-refractivity contribution in [2.24, 2.45) is 10.9 Å². The number of hydrogen-bond donors (Lipinski definition) is 1. The van der Waals surface area contributed by atoms with Gasteiger partial charge in [0.2, 0.25) is 0 Å². The van der Waals surface area contributed by atoms with E-state index >= 15 is 0 Å². The van der Waals surface area contributed by atoms with E-state index in [-0.39, 0.29) is 0 Å². The minimum absolute atomic E-state index is 0.414. The molecule has 2 aliphatic rings. The summed E-state index contributed by atoms with van der Waals surface area (Å²) in [5, 5.41) is 4.56. The molecule has 2 rings (SSSR count). The van der Waals surface area contributed by atoms with Crippen LogP contribution in [0.1, 0.15) is 19.8 Å². The summed E-state index contributed by atoms with van der Waals surface area (Å²) in [6.07, 6.45) is 2.82. The Kier molecular flexibility index (Phi) is 3.70. The second-order valence-electron chi connectivity index (χ2n) is 3.89. The quantitative estimate of drug-likeness (QED) is 0.756.